The minimum Gasteiger partial charge on any atom is -0.362 e. The average Bonchev–Trinajstić information content (AvgIpc) is 2.32. The Hall–Kier alpha value is -1.03. The molecule has 0 amide bonds. The number of aromatic nitrogens is 1. The second kappa shape index (κ2) is 5.54. The van der Waals surface area contributed by atoms with Crippen molar-refractivity contribution in [3.05, 3.63) is 29.6 Å². The summed E-state index contributed by atoms with van der Waals surface area (Å²) >= 11 is 1.81. The van der Waals surface area contributed by atoms with Gasteiger partial charge in [0.1, 0.15) is 0 Å². The highest BCUT2D eigenvalue weighted by atomic mass is 32.2. The van der Waals surface area contributed by atoms with Gasteiger partial charge in [-0.15, -0.1) is 0 Å². The van der Waals surface area contributed by atoms with E-state index in [9.17, 15) is 0 Å². The summed E-state index contributed by atoms with van der Waals surface area (Å²) in [5.41, 5.74) is 2.27. The van der Waals surface area contributed by atoms with E-state index in [1.165, 1.54) is 5.56 Å². The molecular formula is C13H19N3S. The third-order valence-corrected chi connectivity index (χ3v) is 4.39. The van der Waals surface area contributed by atoms with Gasteiger partial charge in [-0.3, -0.25) is 9.98 Å². The molecule has 3 nitrogen and oxygen atoms in total. The number of hydrogen-bond donors (Lipinski definition) is 1. The molecule has 2 rings (SSSR count). The van der Waals surface area contributed by atoms with Gasteiger partial charge < -0.3 is 5.32 Å². The molecule has 1 N–H and O–H groups in total. The molecule has 1 fully saturated rings. The number of pyridine rings is 1. The summed E-state index contributed by atoms with van der Waals surface area (Å²) in [4.78, 5) is 8.96. The molecule has 0 radical (unpaired) electrons. The van der Waals surface area contributed by atoms with E-state index in [0.717, 1.165) is 16.6 Å². The second-order valence-corrected chi connectivity index (χ2v) is 5.62. The Bertz CT molecular complexity index is 417. The number of hydrogen-bond acceptors (Lipinski definition) is 3. The SMILES string of the molecule is Cc1cccnc1CN=C1NC(C)C(C)CS1. The van der Waals surface area contributed by atoms with Crippen LogP contribution in [0.2, 0.25) is 0 Å². The van der Waals surface area contributed by atoms with Gasteiger partial charge in [-0.05, 0) is 31.4 Å². The summed E-state index contributed by atoms with van der Waals surface area (Å²) in [6.07, 6.45) is 1.83. The van der Waals surface area contributed by atoms with Gasteiger partial charge in [0.05, 0.1) is 12.2 Å². The van der Waals surface area contributed by atoms with Gasteiger partial charge in [-0.25, -0.2) is 0 Å². The summed E-state index contributed by atoms with van der Waals surface area (Å²) in [6, 6.07) is 4.55. The minimum atomic E-state index is 0.514. The van der Waals surface area contributed by atoms with Gasteiger partial charge >= 0.3 is 0 Å². The normalized spacial score (nSPS) is 26.9. The lowest BCUT2D eigenvalue weighted by Gasteiger charge is -2.28. The van der Waals surface area contributed by atoms with Crippen LogP contribution >= 0.6 is 11.8 Å². The van der Waals surface area contributed by atoms with Gasteiger partial charge in [0, 0.05) is 18.0 Å². The maximum Gasteiger partial charge on any atom is 0.157 e. The van der Waals surface area contributed by atoms with Gasteiger partial charge in [0.15, 0.2) is 5.17 Å². The molecule has 0 aliphatic carbocycles. The van der Waals surface area contributed by atoms with Crippen LogP contribution in [-0.4, -0.2) is 21.9 Å². The third-order valence-electron chi connectivity index (χ3n) is 3.18. The van der Waals surface area contributed by atoms with Crippen molar-refractivity contribution in [2.45, 2.75) is 33.4 Å². The van der Waals surface area contributed by atoms with Crippen molar-refractivity contribution in [1.82, 2.24) is 10.3 Å². The quantitative estimate of drug-likeness (QED) is 0.875. The summed E-state index contributed by atoms with van der Waals surface area (Å²) in [6.45, 7) is 7.23. The smallest absolute Gasteiger partial charge is 0.157 e. The molecule has 1 aromatic heterocycles. The first-order valence-corrected chi connectivity index (χ1v) is 6.99. The first-order chi connectivity index (χ1) is 8.16. The highest BCUT2D eigenvalue weighted by Gasteiger charge is 2.20. The van der Waals surface area contributed by atoms with Crippen LogP contribution in [0.3, 0.4) is 0 Å². The number of nitrogens with zero attached hydrogens (tertiary/aromatic N) is 2. The van der Waals surface area contributed by atoms with Crippen LogP contribution in [0.5, 0.6) is 0 Å². The molecule has 1 saturated heterocycles. The fraction of sp³-hybridized carbons (Fsp3) is 0.538. The van der Waals surface area contributed by atoms with Crippen molar-refractivity contribution in [1.29, 1.82) is 0 Å². The monoisotopic (exact) mass is 249 g/mol. The van der Waals surface area contributed by atoms with Crippen molar-refractivity contribution in [2.75, 3.05) is 5.75 Å². The molecule has 0 bridgehead atoms. The van der Waals surface area contributed by atoms with E-state index in [4.69, 9.17) is 0 Å². The molecule has 2 unspecified atom stereocenters. The largest absolute Gasteiger partial charge is 0.362 e. The molecule has 1 aliphatic rings. The lowest BCUT2D eigenvalue weighted by atomic mass is 10.1. The van der Waals surface area contributed by atoms with Gasteiger partial charge in [0.2, 0.25) is 0 Å². The number of aliphatic imine (C=N–C) groups is 1. The van der Waals surface area contributed by atoms with Crippen LogP contribution < -0.4 is 5.32 Å². The first-order valence-electron chi connectivity index (χ1n) is 6.01. The minimum absolute atomic E-state index is 0.514. The van der Waals surface area contributed by atoms with Gasteiger partial charge in [0.25, 0.3) is 0 Å². The predicted molar refractivity (Wildman–Crippen MR) is 74.3 cm³/mol. The Kier molecular flexibility index (Phi) is 4.05. The summed E-state index contributed by atoms with van der Waals surface area (Å²) in [7, 11) is 0. The second-order valence-electron chi connectivity index (χ2n) is 4.61. The Morgan fingerprint density at radius 1 is 1.53 bits per heavy atom. The van der Waals surface area contributed by atoms with Gasteiger partial charge in [-0.1, -0.05) is 24.8 Å². The number of nitrogens with one attached hydrogen (secondary N) is 1. The zero-order valence-corrected chi connectivity index (χ0v) is 11.4. The number of amidine groups is 1. The highest BCUT2D eigenvalue weighted by Crippen LogP contribution is 2.19. The predicted octanol–water partition coefficient (Wildman–Crippen LogP) is 2.61. The van der Waals surface area contributed by atoms with Crippen molar-refractivity contribution in [2.24, 2.45) is 10.9 Å². The molecule has 2 atom stereocenters. The molecule has 17 heavy (non-hydrogen) atoms. The van der Waals surface area contributed by atoms with E-state index in [-0.39, 0.29) is 0 Å². The van der Waals surface area contributed by atoms with Crippen molar-refractivity contribution < 1.29 is 0 Å². The van der Waals surface area contributed by atoms with E-state index >= 15 is 0 Å². The molecule has 1 aliphatic heterocycles. The van der Waals surface area contributed by atoms with Crippen LogP contribution in [0.4, 0.5) is 0 Å². The Balaban J connectivity index is 2.00. The molecule has 0 aromatic carbocycles. The van der Waals surface area contributed by atoms with Gasteiger partial charge in [-0.2, -0.15) is 0 Å². The molecule has 0 saturated carbocycles. The molecule has 4 heteroatoms. The van der Waals surface area contributed by atoms with E-state index in [2.05, 4.69) is 42.1 Å². The molecular weight excluding hydrogens is 230 g/mol. The lowest BCUT2D eigenvalue weighted by molar-refractivity contribution is 0.490. The third kappa shape index (κ3) is 3.22. The maximum atomic E-state index is 4.61. The standard InChI is InChI=1S/C13H19N3S/c1-9-5-4-6-14-12(9)7-15-13-16-11(3)10(2)8-17-13/h4-6,10-11H,7-8H2,1-3H3,(H,15,16). The van der Waals surface area contributed by atoms with Crippen molar-refractivity contribution in [3.63, 3.8) is 0 Å². The average molecular weight is 249 g/mol. The van der Waals surface area contributed by atoms with Crippen LogP contribution in [0.15, 0.2) is 23.3 Å². The number of thioether (sulfide) groups is 1. The van der Waals surface area contributed by atoms with E-state index in [0.29, 0.717) is 18.5 Å². The molecule has 2 heterocycles. The molecule has 0 spiro atoms. The summed E-state index contributed by atoms with van der Waals surface area (Å²) in [5, 5.41) is 4.50. The Morgan fingerprint density at radius 2 is 2.35 bits per heavy atom. The summed E-state index contributed by atoms with van der Waals surface area (Å²) < 4.78 is 0. The molecule has 92 valence electrons. The fourth-order valence-corrected chi connectivity index (χ4v) is 2.79. The maximum absolute atomic E-state index is 4.61. The van der Waals surface area contributed by atoms with Crippen LogP contribution in [-0.2, 0) is 6.54 Å². The first kappa shape index (κ1) is 12.4. The Labute approximate surface area is 107 Å². The van der Waals surface area contributed by atoms with Crippen molar-refractivity contribution in [3.8, 4) is 0 Å². The zero-order chi connectivity index (χ0) is 12.3. The Morgan fingerprint density at radius 3 is 3.06 bits per heavy atom. The van der Waals surface area contributed by atoms with E-state index < -0.39 is 0 Å². The highest BCUT2D eigenvalue weighted by molar-refractivity contribution is 8.13. The fourth-order valence-electron chi connectivity index (χ4n) is 1.66. The van der Waals surface area contributed by atoms with Crippen LogP contribution in [0, 0.1) is 12.8 Å². The number of rotatable bonds is 2. The van der Waals surface area contributed by atoms with E-state index in [1.54, 1.807) is 0 Å². The van der Waals surface area contributed by atoms with Crippen LogP contribution in [0.25, 0.3) is 0 Å². The summed E-state index contributed by atoms with van der Waals surface area (Å²) in [5.74, 6) is 1.85. The lowest BCUT2D eigenvalue weighted by Crippen LogP contribution is -2.41. The molecule has 1 aromatic rings. The van der Waals surface area contributed by atoms with Crippen LogP contribution in [0.1, 0.15) is 25.1 Å². The zero-order valence-electron chi connectivity index (χ0n) is 10.6. The van der Waals surface area contributed by atoms with Crippen molar-refractivity contribution >= 4 is 16.9 Å². The topological polar surface area (TPSA) is 37.3 Å². The number of aryl methyl sites for hydroxylation is 1. The van der Waals surface area contributed by atoms with E-state index in [1.807, 2.05) is 24.0 Å².